The standard InChI is InChI=1S/C17H21N3O3S/c1-11-5-8-24-14(11)16(22)20-7-6-17(10-20)9-13(19-23-17)15(21)18-12-3-2-4-12/h5,8,12H,2-4,6-7,9-10H2,1H3,(H,18,21)/t17-/m1/s1. The summed E-state index contributed by atoms with van der Waals surface area (Å²) >= 11 is 1.47. The van der Waals surface area contributed by atoms with E-state index in [1.54, 1.807) is 0 Å². The quantitative estimate of drug-likeness (QED) is 0.910. The zero-order chi connectivity index (χ0) is 16.7. The highest BCUT2D eigenvalue weighted by molar-refractivity contribution is 7.12. The summed E-state index contributed by atoms with van der Waals surface area (Å²) in [6.07, 6.45) is 4.48. The molecular weight excluding hydrogens is 326 g/mol. The molecule has 6 nitrogen and oxygen atoms in total. The van der Waals surface area contributed by atoms with Crippen LogP contribution in [0, 0.1) is 6.92 Å². The molecule has 1 saturated carbocycles. The van der Waals surface area contributed by atoms with Crippen molar-refractivity contribution in [3.05, 3.63) is 21.9 Å². The number of rotatable bonds is 3. The molecule has 1 aromatic heterocycles. The first-order valence-electron chi connectivity index (χ1n) is 8.46. The average molecular weight is 347 g/mol. The molecule has 0 radical (unpaired) electrons. The lowest BCUT2D eigenvalue weighted by Gasteiger charge is -2.26. The predicted octanol–water partition coefficient (Wildman–Crippen LogP) is 2.09. The first kappa shape index (κ1) is 15.6. The number of nitrogens with one attached hydrogen (secondary N) is 1. The third-order valence-electron chi connectivity index (χ3n) is 5.20. The van der Waals surface area contributed by atoms with Gasteiger partial charge in [0.2, 0.25) is 0 Å². The highest BCUT2D eigenvalue weighted by Gasteiger charge is 2.48. The summed E-state index contributed by atoms with van der Waals surface area (Å²) in [6, 6.07) is 2.25. The van der Waals surface area contributed by atoms with Gasteiger partial charge in [-0.15, -0.1) is 11.3 Å². The Kier molecular flexibility index (Phi) is 3.83. The molecule has 4 rings (SSSR count). The molecule has 3 aliphatic rings. The van der Waals surface area contributed by atoms with Gasteiger partial charge in [-0.05, 0) is 43.2 Å². The Balaban J connectivity index is 1.37. The number of amides is 2. The topological polar surface area (TPSA) is 71.0 Å². The zero-order valence-electron chi connectivity index (χ0n) is 13.7. The molecule has 1 N–H and O–H groups in total. The Morgan fingerprint density at radius 1 is 1.46 bits per heavy atom. The van der Waals surface area contributed by atoms with Crippen LogP contribution in [0.15, 0.2) is 16.6 Å². The van der Waals surface area contributed by atoms with Crippen LogP contribution in [0.4, 0.5) is 0 Å². The van der Waals surface area contributed by atoms with E-state index in [1.165, 1.54) is 17.8 Å². The molecule has 0 aromatic carbocycles. The third kappa shape index (κ3) is 2.70. The number of hydrogen-bond acceptors (Lipinski definition) is 5. The van der Waals surface area contributed by atoms with Gasteiger partial charge in [0.1, 0.15) is 5.71 Å². The maximum Gasteiger partial charge on any atom is 0.269 e. The Morgan fingerprint density at radius 2 is 2.29 bits per heavy atom. The molecule has 1 atom stereocenters. The molecular formula is C17H21N3O3S. The summed E-state index contributed by atoms with van der Waals surface area (Å²) in [7, 11) is 0. The molecule has 2 fully saturated rings. The number of aryl methyl sites for hydroxylation is 1. The lowest BCUT2D eigenvalue weighted by molar-refractivity contribution is -0.116. The first-order chi connectivity index (χ1) is 11.6. The number of likely N-dealkylation sites (tertiary alicyclic amines) is 1. The van der Waals surface area contributed by atoms with Crippen molar-refractivity contribution < 1.29 is 14.4 Å². The fourth-order valence-electron chi connectivity index (χ4n) is 3.44. The van der Waals surface area contributed by atoms with Crippen molar-refractivity contribution in [1.82, 2.24) is 10.2 Å². The third-order valence-corrected chi connectivity index (χ3v) is 6.21. The number of carbonyl (C=O) groups is 2. The Morgan fingerprint density at radius 3 is 2.96 bits per heavy atom. The van der Waals surface area contributed by atoms with Gasteiger partial charge >= 0.3 is 0 Å². The van der Waals surface area contributed by atoms with Crippen molar-refractivity contribution in [2.45, 2.75) is 50.7 Å². The molecule has 128 valence electrons. The minimum Gasteiger partial charge on any atom is -0.386 e. The molecule has 1 spiro atoms. The van der Waals surface area contributed by atoms with E-state index in [0.29, 0.717) is 37.7 Å². The Bertz CT molecular complexity index is 710. The van der Waals surface area contributed by atoms with Crippen LogP contribution in [-0.2, 0) is 9.63 Å². The number of carbonyl (C=O) groups excluding carboxylic acids is 2. The van der Waals surface area contributed by atoms with E-state index < -0.39 is 5.60 Å². The molecule has 24 heavy (non-hydrogen) atoms. The summed E-state index contributed by atoms with van der Waals surface area (Å²) in [5.41, 5.74) is 0.950. The fourth-order valence-corrected chi connectivity index (χ4v) is 4.33. The van der Waals surface area contributed by atoms with Crippen LogP contribution < -0.4 is 5.32 Å². The van der Waals surface area contributed by atoms with E-state index >= 15 is 0 Å². The van der Waals surface area contributed by atoms with Crippen molar-refractivity contribution in [3.8, 4) is 0 Å². The fraction of sp³-hybridized carbons (Fsp3) is 0.588. The van der Waals surface area contributed by atoms with E-state index in [0.717, 1.165) is 23.3 Å². The van der Waals surface area contributed by atoms with Crippen molar-refractivity contribution in [3.63, 3.8) is 0 Å². The minimum absolute atomic E-state index is 0.0512. The van der Waals surface area contributed by atoms with Gasteiger partial charge in [0.15, 0.2) is 5.60 Å². The number of oxime groups is 1. The molecule has 2 aliphatic heterocycles. The van der Waals surface area contributed by atoms with Crippen LogP contribution in [0.2, 0.25) is 0 Å². The van der Waals surface area contributed by atoms with Gasteiger partial charge in [-0.3, -0.25) is 9.59 Å². The van der Waals surface area contributed by atoms with Crippen LogP contribution in [0.1, 0.15) is 47.3 Å². The van der Waals surface area contributed by atoms with Crippen molar-refractivity contribution >= 4 is 28.9 Å². The highest BCUT2D eigenvalue weighted by Crippen LogP contribution is 2.35. The number of nitrogens with zero attached hydrogens (tertiary/aromatic N) is 2. The summed E-state index contributed by atoms with van der Waals surface area (Å²) < 4.78 is 0. The summed E-state index contributed by atoms with van der Waals surface area (Å²) in [6.45, 7) is 3.09. The van der Waals surface area contributed by atoms with Crippen LogP contribution in [0.3, 0.4) is 0 Å². The van der Waals surface area contributed by atoms with Gasteiger partial charge in [-0.1, -0.05) is 5.16 Å². The van der Waals surface area contributed by atoms with Gasteiger partial charge < -0.3 is 15.1 Å². The molecule has 7 heteroatoms. The normalized spacial score (nSPS) is 26.2. The SMILES string of the molecule is Cc1ccsc1C(=O)N1CC[C@@]2(CC(C(=O)NC3CCC3)=NO2)C1. The van der Waals surface area contributed by atoms with Gasteiger partial charge in [-0.25, -0.2) is 0 Å². The van der Waals surface area contributed by atoms with Gasteiger partial charge in [-0.2, -0.15) is 0 Å². The van der Waals surface area contributed by atoms with Crippen LogP contribution in [0.25, 0.3) is 0 Å². The van der Waals surface area contributed by atoms with Gasteiger partial charge in [0.05, 0.1) is 11.4 Å². The summed E-state index contributed by atoms with van der Waals surface area (Å²) in [5, 5.41) is 8.96. The second kappa shape index (κ2) is 5.88. The first-order valence-corrected chi connectivity index (χ1v) is 9.34. The molecule has 1 aromatic rings. The predicted molar refractivity (Wildman–Crippen MR) is 91.2 cm³/mol. The number of thiophene rings is 1. The maximum absolute atomic E-state index is 12.6. The van der Waals surface area contributed by atoms with Gasteiger partial charge in [0, 0.05) is 25.4 Å². The van der Waals surface area contributed by atoms with E-state index in [1.807, 2.05) is 23.3 Å². The second-order valence-corrected chi connectivity index (χ2v) is 7.92. The Labute approximate surface area is 144 Å². The van der Waals surface area contributed by atoms with Gasteiger partial charge in [0.25, 0.3) is 11.8 Å². The van der Waals surface area contributed by atoms with Crippen molar-refractivity contribution in [2.75, 3.05) is 13.1 Å². The zero-order valence-corrected chi connectivity index (χ0v) is 14.5. The minimum atomic E-state index is -0.521. The summed E-state index contributed by atoms with van der Waals surface area (Å²) in [5.74, 6) is -0.0641. The Hall–Kier alpha value is -1.89. The van der Waals surface area contributed by atoms with E-state index in [2.05, 4.69) is 10.5 Å². The average Bonchev–Trinajstić information content (AvgIpc) is 3.24. The monoisotopic (exact) mass is 347 g/mol. The molecule has 0 bridgehead atoms. The van der Waals surface area contributed by atoms with Crippen molar-refractivity contribution in [1.29, 1.82) is 0 Å². The van der Waals surface area contributed by atoms with Crippen LogP contribution >= 0.6 is 11.3 Å². The van der Waals surface area contributed by atoms with E-state index in [4.69, 9.17) is 4.84 Å². The van der Waals surface area contributed by atoms with E-state index in [9.17, 15) is 9.59 Å². The highest BCUT2D eigenvalue weighted by atomic mass is 32.1. The van der Waals surface area contributed by atoms with Crippen molar-refractivity contribution in [2.24, 2.45) is 5.16 Å². The molecule has 0 unspecified atom stereocenters. The molecule has 1 aliphatic carbocycles. The largest absolute Gasteiger partial charge is 0.386 e. The lowest BCUT2D eigenvalue weighted by Crippen LogP contribution is -2.44. The summed E-state index contributed by atoms with van der Waals surface area (Å²) in [4.78, 5) is 33.1. The maximum atomic E-state index is 12.6. The number of hydrogen-bond donors (Lipinski definition) is 1. The molecule has 2 amide bonds. The molecule has 1 saturated heterocycles. The second-order valence-electron chi connectivity index (χ2n) is 7.00. The smallest absolute Gasteiger partial charge is 0.269 e. The van der Waals surface area contributed by atoms with Crippen LogP contribution in [-0.4, -0.2) is 47.2 Å². The molecule has 3 heterocycles. The van der Waals surface area contributed by atoms with Crippen LogP contribution in [0.5, 0.6) is 0 Å². The lowest BCUT2D eigenvalue weighted by atomic mass is 9.92. The van der Waals surface area contributed by atoms with E-state index in [-0.39, 0.29) is 11.8 Å².